The van der Waals surface area contributed by atoms with Crippen LogP contribution in [0.25, 0.3) is 0 Å². The minimum atomic E-state index is -0.717. The average Bonchev–Trinajstić information content (AvgIpc) is 3.32. The van der Waals surface area contributed by atoms with E-state index in [0.29, 0.717) is 23.4 Å². The second-order valence-corrected chi connectivity index (χ2v) is 8.75. The van der Waals surface area contributed by atoms with Crippen LogP contribution in [-0.2, 0) is 11.3 Å². The number of H-pyrrole nitrogens is 1. The molecule has 2 heterocycles. The lowest BCUT2D eigenvalue weighted by atomic mass is 10.2. The number of nitrogens with two attached hydrogens (primary N) is 1. The summed E-state index contributed by atoms with van der Waals surface area (Å²) in [4.78, 5) is 56.3. The molecule has 32 heavy (non-hydrogen) atoms. The Kier molecular flexibility index (Phi) is 7.79. The van der Waals surface area contributed by atoms with Crippen molar-refractivity contribution in [1.29, 1.82) is 0 Å². The number of amides is 2. The zero-order chi connectivity index (χ0) is 23.3. The summed E-state index contributed by atoms with van der Waals surface area (Å²) < 4.78 is 1.28. The minimum absolute atomic E-state index is 0.0441. The highest BCUT2D eigenvalue weighted by atomic mass is 32.2. The van der Waals surface area contributed by atoms with Gasteiger partial charge in [-0.25, -0.2) is 4.79 Å². The summed E-state index contributed by atoms with van der Waals surface area (Å²) >= 11 is 1.30. The Bertz CT molecular complexity index is 1100. The Morgan fingerprint density at radius 1 is 1.19 bits per heavy atom. The number of benzene rings is 1. The van der Waals surface area contributed by atoms with Gasteiger partial charge in [-0.2, -0.15) is 0 Å². The molecular formula is C22H29N5O4S. The molecule has 2 amide bonds. The second kappa shape index (κ2) is 10.5. The van der Waals surface area contributed by atoms with Crippen LogP contribution in [0.15, 0.2) is 38.8 Å². The number of aromatic nitrogens is 2. The van der Waals surface area contributed by atoms with Crippen LogP contribution in [0.1, 0.15) is 43.0 Å². The maximum atomic E-state index is 13.3. The van der Waals surface area contributed by atoms with Gasteiger partial charge >= 0.3 is 5.69 Å². The topological polar surface area (TPSA) is 121 Å². The number of unbranched alkanes of at least 4 members (excludes halogenated alkanes) is 1. The number of likely N-dealkylation sites (tertiary alicyclic amines) is 1. The quantitative estimate of drug-likeness (QED) is 0.582. The molecule has 2 aromatic rings. The highest BCUT2D eigenvalue weighted by molar-refractivity contribution is 8.00. The fourth-order valence-electron chi connectivity index (χ4n) is 3.69. The molecule has 0 unspecified atom stereocenters. The molecule has 0 saturated carbocycles. The molecule has 0 atom stereocenters. The summed E-state index contributed by atoms with van der Waals surface area (Å²) in [5.74, 6) is -0.206. The van der Waals surface area contributed by atoms with Gasteiger partial charge < -0.3 is 15.5 Å². The van der Waals surface area contributed by atoms with Crippen LogP contribution < -0.4 is 21.9 Å². The SMILES string of the molecule is CCCCn1c(N)c(N(C)C(=O)c2ccccc2SCC(=O)N2CCCC2)c(=O)[nH]c1=O. The number of aromatic amines is 1. The molecule has 1 saturated heterocycles. The average molecular weight is 460 g/mol. The molecule has 1 aliphatic rings. The molecule has 3 rings (SSSR count). The minimum Gasteiger partial charge on any atom is -0.383 e. The lowest BCUT2D eigenvalue weighted by Gasteiger charge is -2.21. The number of hydrogen-bond donors (Lipinski definition) is 2. The summed E-state index contributed by atoms with van der Waals surface area (Å²) in [6, 6.07) is 6.95. The van der Waals surface area contributed by atoms with Crippen LogP contribution in [-0.4, -0.2) is 52.2 Å². The molecular weight excluding hydrogens is 430 g/mol. The molecule has 172 valence electrons. The van der Waals surface area contributed by atoms with E-state index in [2.05, 4.69) is 4.98 Å². The molecule has 0 bridgehead atoms. The third-order valence-corrected chi connectivity index (χ3v) is 6.58. The maximum absolute atomic E-state index is 13.3. The van der Waals surface area contributed by atoms with Gasteiger partial charge in [0.2, 0.25) is 5.91 Å². The van der Waals surface area contributed by atoms with E-state index in [1.807, 2.05) is 11.8 Å². The van der Waals surface area contributed by atoms with E-state index in [-0.39, 0.29) is 23.2 Å². The summed E-state index contributed by atoms with van der Waals surface area (Å²) in [5, 5.41) is 0. The largest absolute Gasteiger partial charge is 0.383 e. The van der Waals surface area contributed by atoms with Gasteiger partial charge in [0.05, 0.1) is 11.3 Å². The third kappa shape index (κ3) is 5.07. The highest BCUT2D eigenvalue weighted by Crippen LogP contribution is 2.26. The van der Waals surface area contributed by atoms with Crippen LogP contribution in [0.2, 0.25) is 0 Å². The van der Waals surface area contributed by atoms with E-state index in [4.69, 9.17) is 5.73 Å². The second-order valence-electron chi connectivity index (χ2n) is 7.74. The molecule has 0 radical (unpaired) electrons. The van der Waals surface area contributed by atoms with Crippen LogP contribution in [0.5, 0.6) is 0 Å². The number of nitrogens with one attached hydrogen (secondary N) is 1. The van der Waals surface area contributed by atoms with E-state index < -0.39 is 17.2 Å². The highest BCUT2D eigenvalue weighted by Gasteiger charge is 2.24. The molecule has 1 aliphatic heterocycles. The van der Waals surface area contributed by atoms with Crippen molar-refractivity contribution in [2.45, 2.75) is 44.0 Å². The van der Waals surface area contributed by atoms with Gasteiger partial charge in [-0.1, -0.05) is 25.5 Å². The molecule has 10 heteroatoms. The number of rotatable bonds is 8. The molecule has 0 aliphatic carbocycles. The van der Waals surface area contributed by atoms with Crippen molar-refractivity contribution >= 4 is 35.1 Å². The van der Waals surface area contributed by atoms with Crippen molar-refractivity contribution in [1.82, 2.24) is 14.5 Å². The van der Waals surface area contributed by atoms with Crippen LogP contribution >= 0.6 is 11.8 Å². The Morgan fingerprint density at radius 2 is 1.88 bits per heavy atom. The van der Waals surface area contributed by atoms with Crippen molar-refractivity contribution in [3.63, 3.8) is 0 Å². The monoisotopic (exact) mass is 459 g/mol. The third-order valence-electron chi connectivity index (χ3n) is 5.52. The first kappa shape index (κ1) is 23.6. The first-order valence-corrected chi connectivity index (χ1v) is 11.7. The standard InChI is InChI=1S/C22H29N5O4S/c1-3-4-13-27-19(23)18(20(29)24-22(27)31)25(2)21(30)15-9-5-6-10-16(15)32-14-17(28)26-11-7-8-12-26/h5-6,9-10H,3-4,7-8,11-14,23H2,1-2H3,(H,24,29,31). The van der Waals surface area contributed by atoms with E-state index in [1.54, 1.807) is 24.3 Å². The molecule has 9 nitrogen and oxygen atoms in total. The maximum Gasteiger partial charge on any atom is 0.330 e. The van der Waals surface area contributed by atoms with Crippen molar-refractivity contribution in [3.05, 3.63) is 50.7 Å². The first-order valence-electron chi connectivity index (χ1n) is 10.7. The Balaban J connectivity index is 1.86. The predicted molar refractivity (Wildman–Crippen MR) is 126 cm³/mol. The fraction of sp³-hybridized carbons (Fsp3) is 0.455. The lowest BCUT2D eigenvalue weighted by Crippen LogP contribution is -2.39. The van der Waals surface area contributed by atoms with Crippen molar-refractivity contribution < 1.29 is 9.59 Å². The summed E-state index contributed by atoms with van der Waals surface area (Å²) in [7, 11) is 1.45. The number of carbonyl (C=O) groups excluding carboxylic acids is 2. The van der Waals surface area contributed by atoms with Crippen molar-refractivity contribution in [2.24, 2.45) is 0 Å². The predicted octanol–water partition coefficient (Wildman–Crippen LogP) is 1.91. The number of hydrogen-bond acceptors (Lipinski definition) is 6. The number of nitrogen functional groups attached to an aromatic ring is 1. The smallest absolute Gasteiger partial charge is 0.330 e. The lowest BCUT2D eigenvalue weighted by molar-refractivity contribution is -0.127. The number of carbonyl (C=O) groups is 2. The fourth-order valence-corrected chi connectivity index (χ4v) is 4.64. The van der Waals surface area contributed by atoms with Crippen molar-refractivity contribution in [3.8, 4) is 0 Å². The summed E-state index contributed by atoms with van der Waals surface area (Å²) in [5.41, 5.74) is 5.12. The first-order chi connectivity index (χ1) is 15.3. The van der Waals surface area contributed by atoms with Gasteiger partial charge in [0.15, 0.2) is 5.69 Å². The Morgan fingerprint density at radius 3 is 2.56 bits per heavy atom. The molecule has 1 fully saturated rings. The van der Waals surface area contributed by atoms with E-state index in [0.717, 1.165) is 37.3 Å². The summed E-state index contributed by atoms with van der Waals surface area (Å²) in [6.07, 6.45) is 3.59. The van der Waals surface area contributed by atoms with Crippen LogP contribution in [0.3, 0.4) is 0 Å². The Hall–Kier alpha value is -3.01. The number of anilines is 2. The normalized spacial score (nSPS) is 13.4. The van der Waals surface area contributed by atoms with Gasteiger partial charge in [-0.15, -0.1) is 11.8 Å². The molecule has 0 spiro atoms. The van der Waals surface area contributed by atoms with E-state index >= 15 is 0 Å². The van der Waals surface area contributed by atoms with E-state index in [9.17, 15) is 19.2 Å². The molecule has 1 aromatic heterocycles. The van der Waals surface area contributed by atoms with Crippen LogP contribution in [0, 0.1) is 0 Å². The van der Waals surface area contributed by atoms with E-state index in [1.165, 1.54) is 23.4 Å². The zero-order valence-electron chi connectivity index (χ0n) is 18.4. The zero-order valence-corrected chi connectivity index (χ0v) is 19.2. The van der Waals surface area contributed by atoms with Crippen LogP contribution in [0.4, 0.5) is 11.5 Å². The van der Waals surface area contributed by atoms with Crippen molar-refractivity contribution in [2.75, 3.05) is 36.5 Å². The molecule has 1 aromatic carbocycles. The van der Waals surface area contributed by atoms with Gasteiger partial charge in [-0.05, 0) is 31.4 Å². The molecule has 3 N–H and O–H groups in total. The summed E-state index contributed by atoms with van der Waals surface area (Å²) in [6.45, 7) is 3.88. The van der Waals surface area contributed by atoms with Gasteiger partial charge in [-0.3, -0.25) is 23.9 Å². The Labute approximate surface area is 190 Å². The van der Waals surface area contributed by atoms with Gasteiger partial charge in [0.1, 0.15) is 5.82 Å². The number of nitrogens with zero attached hydrogens (tertiary/aromatic N) is 3. The number of thioether (sulfide) groups is 1. The van der Waals surface area contributed by atoms with Gasteiger partial charge in [0, 0.05) is 31.6 Å². The van der Waals surface area contributed by atoms with Gasteiger partial charge in [0.25, 0.3) is 11.5 Å².